The minimum absolute atomic E-state index is 0.600. The number of hydrogen-bond acceptors (Lipinski definition) is 4. The van der Waals surface area contributed by atoms with Crippen LogP contribution in [0.5, 0.6) is 5.75 Å². The van der Waals surface area contributed by atoms with Gasteiger partial charge in [0.1, 0.15) is 12.4 Å². The first-order valence-corrected chi connectivity index (χ1v) is 6.73. The molecular weight excluding hydrogens is 226 g/mol. The topological polar surface area (TPSA) is 51.4 Å². The van der Waals surface area contributed by atoms with E-state index in [0.29, 0.717) is 13.2 Å². The molecule has 0 spiro atoms. The molecule has 0 saturated carbocycles. The molecule has 1 aromatic heterocycles. The van der Waals surface area contributed by atoms with Gasteiger partial charge in [-0.15, -0.1) is 0 Å². The molecule has 0 aliphatic rings. The van der Waals surface area contributed by atoms with Crippen LogP contribution < -0.4 is 10.5 Å². The zero-order valence-electron chi connectivity index (χ0n) is 11.8. The predicted octanol–water partition coefficient (Wildman–Crippen LogP) is 1.61. The lowest BCUT2D eigenvalue weighted by Crippen LogP contribution is -2.28. The van der Waals surface area contributed by atoms with Crippen molar-refractivity contribution in [3.8, 4) is 5.75 Å². The molecule has 0 amide bonds. The van der Waals surface area contributed by atoms with Crippen molar-refractivity contribution in [3.63, 3.8) is 0 Å². The number of aromatic nitrogens is 1. The second-order valence-electron chi connectivity index (χ2n) is 4.31. The Hall–Kier alpha value is -1.13. The Morgan fingerprint density at radius 3 is 2.61 bits per heavy atom. The van der Waals surface area contributed by atoms with Gasteiger partial charge in [-0.2, -0.15) is 0 Å². The van der Waals surface area contributed by atoms with Gasteiger partial charge in [0.15, 0.2) is 0 Å². The minimum atomic E-state index is 0.600. The molecule has 4 heteroatoms. The SMILES string of the molecule is CCN(CC)CCOc1ccc(C)nc1CCN. The van der Waals surface area contributed by atoms with Gasteiger partial charge in [0, 0.05) is 18.7 Å². The molecule has 1 rings (SSSR count). The zero-order chi connectivity index (χ0) is 13.4. The summed E-state index contributed by atoms with van der Waals surface area (Å²) in [5.74, 6) is 0.873. The summed E-state index contributed by atoms with van der Waals surface area (Å²) in [5.41, 5.74) is 7.57. The molecule has 18 heavy (non-hydrogen) atoms. The normalized spacial score (nSPS) is 10.9. The fraction of sp³-hybridized carbons (Fsp3) is 0.643. The van der Waals surface area contributed by atoms with Crippen LogP contribution in [0.1, 0.15) is 25.2 Å². The Labute approximate surface area is 110 Å². The molecule has 0 radical (unpaired) electrons. The van der Waals surface area contributed by atoms with Crippen molar-refractivity contribution < 1.29 is 4.74 Å². The van der Waals surface area contributed by atoms with Crippen LogP contribution in [0.4, 0.5) is 0 Å². The van der Waals surface area contributed by atoms with Gasteiger partial charge in [-0.3, -0.25) is 4.98 Å². The van der Waals surface area contributed by atoms with Gasteiger partial charge >= 0.3 is 0 Å². The number of likely N-dealkylation sites (N-methyl/N-ethyl adjacent to an activating group) is 1. The molecule has 1 aromatic rings. The van der Waals surface area contributed by atoms with E-state index in [2.05, 4.69) is 23.7 Å². The smallest absolute Gasteiger partial charge is 0.140 e. The maximum atomic E-state index is 5.82. The average molecular weight is 251 g/mol. The summed E-state index contributed by atoms with van der Waals surface area (Å²) in [6, 6.07) is 3.97. The zero-order valence-corrected chi connectivity index (χ0v) is 11.8. The third-order valence-electron chi connectivity index (χ3n) is 3.01. The molecular formula is C14H25N3O. The standard InChI is InChI=1S/C14H25N3O/c1-4-17(5-2)10-11-18-14-7-6-12(3)16-13(14)8-9-15/h6-7H,4-5,8-11,15H2,1-3H3. The molecule has 0 unspecified atom stereocenters. The Kier molecular flexibility index (Phi) is 6.68. The highest BCUT2D eigenvalue weighted by atomic mass is 16.5. The lowest BCUT2D eigenvalue weighted by atomic mass is 10.2. The highest BCUT2D eigenvalue weighted by molar-refractivity contribution is 5.29. The third-order valence-corrected chi connectivity index (χ3v) is 3.01. The maximum absolute atomic E-state index is 5.82. The number of rotatable bonds is 8. The van der Waals surface area contributed by atoms with Crippen molar-refractivity contribution in [2.24, 2.45) is 5.73 Å². The first-order chi connectivity index (χ1) is 8.71. The summed E-state index contributed by atoms with van der Waals surface area (Å²) in [6.07, 6.45) is 0.766. The minimum Gasteiger partial charge on any atom is -0.490 e. The molecule has 0 bridgehead atoms. The van der Waals surface area contributed by atoms with Crippen molar-refractivity contribution in [2.45, 2.75) is 27.2 Å². The van der Waals surface area contributed by atoms with Crippen LogP contribution in [-0.2, 0) is 6.42 Å². The maximum Gasteiger partial charge on any atom is 0.140 e. The van der Waals surface area contributed by atoms with Crippen LogP contribution in [0.3, 0.4) is 0 Å². The van der Waals surface area contributed by atoms with Crippen LogP contribution in [-0.4, -0.2) is 42.7 Å². The Morgan fingerprint density at radius 2 is 2.00 bits per heavy atom. The molecule has 0 aromatic carbocycles. The lowest BCUT2D eigenvalue weighted by Gasteiger charge is -2.18. The van der Waals surface area contributed by atoms with Gasteiger partial charge in [-0.25, -0.2) is 0 Å². The van der Waals surface area contributed by atoms with Crippen molar-refractivity contribution in [1.82, 2.24) is 9.88 Å². The van der Waals surface area contributed by atoms with Gasteiger partial charge in [-0.1, -0.05) is 13.8 Å². The quantitative estimate of drug-likeness (QED) is 0.762. The first kappa shape index (κ1) is 14.9. The number of nitrogens with two attached hydrogens (primary N) is 1. The molecule has 4 nitrogen and oxygen atoms in total. The molecule has 102 valence electrons. The average Bonchev–Trinajstić information content (AvgIpc) is 2.37. The number of aryl methyl sites for hydroxylation is 1. The van der Waals surface area contributed by atoms with Crippen molar-refractivity contribution in [3.05, 3.63) is 23.5 Å². The van der Waals surface area contributed by atoms with Gasteiger partial charge in [0.25, 0.3) is 0 Å². The Morgan fingerprint density at radius 1 is 1.28 bits per heavy atom. The van der Waals surface area contributed by atoms with Gasteiger partial charge < -0.3 is 15.4 Å². The lowest BCUT2D eigenvalue weighted by molar-refractivity contribution is 0.221. The van der Waals surface area contributed by atoms with E-state index in [1.807, 2.05) is 19.1 Å². The molecule has 1 heterocycles. The molecule has 0 aliphatic carbocycles. The van der Waals surface area contributed by atoms with E-state index in [0.717, 1.165) is 43.2 Å². The van der Waals surface area contributed by atoms with Crippen molar-refractivity contribution in [1.29, 1.82) is 0 Å². The fourth-order valence-electron chi connectivity index (χ4n) is 1.87. The summed E-state index contributed by atoms with van der Waals surface area (Å²) >= 11 is 0. The van der Waals surface area contributed by atoms with Crippen LogP contribution in [0.2, 0.25) is 0 Å². The second-order valence-corrected chi connectivity index (χ2v) is 4.31. The summed E-state index contributed by atoms with van der Waals surface area (Å²) in [7, 11) is 0. The van der Waals surface area contributed by atoms with Crippen molar-refractivity contribution >= 4 is 0 Å². The summed E-state index contributed by atoms with van der Waals surface area (Å²) in [4.78, 5) is 6.82. The van der Waals surface area contributed by atoms with E-state index in [1.54, 1.807) is 0 Å². The fourth-order valence-corrected chi connectivity index (χ4v) is 1.87. The molecule has 0 fully saturated rings. The number of nitrogens with zero attached hydrogens (tertiary/aromatic N) is 2. The summed E-state index contributed by atoms with van der Waals surface area (Å²) in [5, 5.41) is 0. The van der Waals surface area contributed by atoms with Crippen LogP contribution in [0.25, 0.3) is 0 Å². The molecule has 0 atom stereocenters. The number of pyridine rings is 1. The largest absolute Gasteiger partial charge is 0.490 e. The van der Waals surface area contributed by atoms with Crippen molar-refractivity contribution in [2.75, 3.05) is 32.8 Å². The Balaban J connectivity index is 2.55. The second kappa shape index (κ2) is 8.06. The highest BCUT2D eigenvalue weighted by Crippen LogP contribution is 2.17. The highest BCUT2D eigenvalue weighted by Gasteiger charge is 2.06. The predicted molar refractivity (Wildman–Crippen MR) is 75.0 cm³/mol. The van der Waals surface area contributed by atoms with Crippen LogP contribution in [0.15, 0.2) is 12.1 Å². The monoisotopic (exact) mass is 251 g/mol. The number of hydrogen-bond donors (Lipinski definition) is 1. The molecule has 0 saturated heterocycles. The van der Waals surface area contributed by atoms with Gasteiger partial charge in [0.2, 0.25) is 0 Å². The van der Waals surface area contributed by atoms with E-state index in [9.17, 15) is 0 Å². The molecule has 2 N–H and O–H groups in total. The van der Waals surface area contributed by atoms with Crippen LogP contribution >= 0.6 is 0 Å². The Bertz CT molecular complexity index is 351. The van der Waals surface area contributed by atoms with E-state index >= 15 is 0 Å². The third kappa shape index (κ3) is 4.63. The summed E-state index contributed by atoms with van der Waals surface area (Å²) in [6.45, 7) is 10.7. The van der Waals surface area contributed by atoms with E-state index in [1.165, 1.54) is 0 Å². The summed E-state index contributed by atoms with van der Waals surface area (Å²) < 4.78 is 5.82. The first-order valence-electron chi connectivity index (χ1n) is 6.73. The van der Waals surface area contributed by atoms with Gasteiger partial charge in [0.05, 0.1) is 5.69 Å². The van der Waals surface area contributed by atoms with E-state index in [-0.39, 0.29) is 0 Å². The van der Waals surface area contributed by atoms with Gasteiger partial charge in [-0.05, 0) is 38.7 Å². The van der Waals surface area contributed by atoms with Crippen LogP contribution in [0, 0.1) is 6.92 Å². The molecule has 0 aliphatic heterocycles. The van der Waals surface area contributed by atoms with E-state index < -0.39 is 0 Å². The van der Waals surface area contributed by atoms with E-state index in [4.69, 9.17) is 10.5 Å². The number of ether oxygens (including phenoxy) is 1.